The molecule has 1 amide bonds. The predicted octanol–water partition coefficient (Wildman–Crippen LogP) is 2.26. The maximum absolute atomic E-state index is 12.5. The first-order chi connectivity index (χ1) is 11.0. The summed E-state index contributed by atoms with van der Waals surface area (Å²) >= 11 is 2.83. The number of hydrogen-bond acceptors (Lipinski definition) is 7. The van der Waals surface area contributed by atoms with Crippen molar-refractivity contribution in [3.8, 4) is 0 Å². The van der Waals surface area contributed by atoms with Crippen LogP contribution in [0.1, 0.15) is 21.9 Å². The molecule has 0 radical (unpaired) electrons. The third-order valence-electron chi connectivity index (χ3n) is 3.51. The average Bonchev–Trinajstić information content (AvgIpc) is 3.03. The standard InChI is InChI=1S/C14H15N5O2S2/c1-7-8(2)22-12-11(7)13(21)19(6-15-12)5-4-10(20)16-14-18-17-9(3)23-14/h6H,4-5H2,1-3H3,(H,16,18,20). The summed E-state index contributed by atoms with van der Waals surface area (Å²) in [5.41, 5.74) is 0.863. The maximum atomic E-state index is 12.5. The van der Waals surface area contributed by atoms with Crippen molar-refractivity contribution < 1.29 is 4.79 Å². The number of rotatable bonds is 4. The maximum Gasteiger partial charge on any atom is 0.262 e. The van der Waals surface area contributed by atoms with Crippen LogP contribution in [0.15, 0.2) is 11.1 Å². The normalized spacial score (nSPS) is 11.1. The second-order valence-corrected chi connectivity index (χ2v) is 7.52. The molecule has 3 aromatic rings. The first-order valence-corrected chi connectivity index (χ1v) is 8.64. The molecule has 120 valence electrons. The van der Waals surface area contributed by atoms with Gasteiger partial charge < -0.3 is 5.32 Å². The Balaban J connectivity index is 1.74. The number of carbonyl (C=O) groups excluding carboxylic acids is 1. The number of carbonyl (C=O) groups is 1. The minimum Gasteiger partial charge on any atom is -0.300 e. The van der Waals surface area contributed by atoms with Gasteiger partial charge >= 0.3 is 0 Å². The number of aromatic nitrogens is 4. The molecule has 23 heavy (non-hydrogen) atoms. The van der Waals surface area contributed by atoms with E-state index in [-0.39, 0.29) is 24.4 Å². The first kappa shape index (κ1) is 15.8. The van der Waals surface area contributed by atoms with Crippen LogP contribution in [-0.2, 0) is 11.3 Å². The molecule has 9 heteroatoms. The fourth-order valence-corrected chi connectivity index (χ4v) is 3.78. The smallest absolute Gasteiger partial charge is 0.262 e. The van der Waals surface area contributed by atoms with Crippen LogP contribution in [0.5, 0.6) is 0 Å². The van der Waals surface area contributed by atoms with Gasteiger partial charge in [-0.1, -0.05) is 11.3 Å². The highest BCUT2D eigenvalue weighted by Crippen LogP contribution is 2.25. The van der Waals surface area contributed by atoms with Crippen molar-refractivity contribution in [3.05, 3.63) is 32.1 Å². The quantitative estimate of drug-likeness (QED) is 0.780. The van der Waals surface area contributed by atoms with Gasteiger partial charge in [0.1, 0.15) is 9.84 Å². The molecule has 0 aliphatic carbocycles. The van der Waals surface area contributed by atoms with Crippen LogP contribution in [0, 0.1) is 20.8 Å². The molecule has 1 N–H and O–H groups in total. The fraction of sp³-hybridized carbons (Fsp3) is 0.357. The van der Waals surface area contributed by atoms with E-state index >= 15 is 0 Å². The minimum absolute atomic E-state index is 0.101. The Kier molecular flexibility index (Phi) is 4.22. The summed E-state index contributed by atoms with van der Waals surface area (Å²) in [4.78, 5) is 30.6. The summed E-state index contributed by atoms with van der Waals surface area (Å²) in [5, 5.41) is 12.3. The summed E-state index contributed by atoms with van der Waals surface area (Å²) in [6, 6.07) is 0. The molecule has 3 heterocycles. The van der Waals surface area contributed by atoms with E-state index in [1.807, 2.05) is 20.8 Å². The number of thiophene rings is 1. The van der Waals surface area contributed by atoms with Crippen molar-refractivity contribution in [1.29, 1.82) is 0 Å². The van der Waals surface area contributed by atoms with Gasteiger partial charge in [0, 0.05) is 17.8 Å². The largest absolute Gasteiger partial charge is 0.300 e. The summed E-state index contributed by atoms with van der Waals surface area (Å²) in [5.74, 6) is -0.202. The van der Waals surface area contributed by atoms with Crippen molar-refractivity contribution >= 4 is 43.9 Å². The molecule has 0 fully saturated rings. The number of nitrogens with one attached hydrogen (secondary N) is 1. The molecule has 7 nitrogen and oxygen atoms in total. The zero-order valence-corrected chi connectivity index (χ0v) is 14.5. The third kappa shape index (κ3) is 3.15. The lowest BCUT2D eigenvalue weighted by atomic mass is 10.2. The molecule has 0 saturated heterocycles. The Morgan fingerprint density at radius 2 is 2.04 bits per heavy atom. The molecule has 0 saturated carbocycles. The molecule has 0 bridgehead atoms. The Bertz CT molecular complexity index is 940. The number of fused-ring (bicyclic) bond motifs is 1. The van der Waals surface area contributed by atoms with E-state index in [0.29, 0.717) is 10.5 Å². The van der Waals surface area contributed by atoms with Gasteiger partial charge in [-0.3, -0.25) is 14.2 Å². The van der Waals surface area contributed by atoms with Gasteiger partial charge in [0.15, 0.2) is 0 Å². The summed E-state index contributed by atoms with van der Waals surface area (Å²) in [6.45, 7) is 5.99. The number of hydrogen-bond donors (Lipinski definition) is 1. The van der Waals surface area contributed by atoms with Crippen LogP contribution >= 0.6 is 22.7 Å². The van der Waals surface area contributed by atoms with Crippen LogP contribution in [0.2, 0.25) is 0 Å². The average molecular weight is 349 g/mol. The van der Waals surface area contributed by atoms with Gasteiger partial charge in [0.25, 0.3) is 5.56 Å². The SMILES string of the molecule is Cc1nnc(NC(=O)CCn2cnc3sc(C)c(C)c3c2=O)s1. The highest BCUT2D eigenvalue weighted by atomic mass is 32.1. The Morgan fingerprint density at radius 3 is 2.74 bits per heavy atom. The van der Waals surface area contributed by atoms with Gasteiger partial charge in [0.2, 0.25) is 11.0 Å². The van der Waals surface area contributed by atoms with Crippen LogP contribution in [0.4, 0.5) is 5.13 Å². The van der Waals surface area contributed by atoms with Crippen molar-refractivity contribution in [3.63, 3.8) is 0 Å². The fourth-order valence-electron chi connectivity index (χ4n) is 2.18. The Hall–Kier alpha value is -2.13. The monoisotopic (exact) mass is 349 g/mol. The second-order valence-electron chi connectivity index (χ2n) is 5.13. The molecule has 0 aliphatic rings. The molecule has 3 rings (SSSR count). The number of amides is 1. The highest BCUT2D eigenvalue weighted by Gasteiger charge is 2.13. The van der Waals surface area contributed by atoms with E-state index < -0.39 is 0 Å². The van der Waals surface area contributed by atoms with E-state index in [9.17, 15) is 9.59 Å². The van der Waals surface area contributed by atoms with E-state index in [2.05, 4.69) is 20.5 Å². The van der Waals surface area contributed by atoms with E-state index in [0.717, 1.165) is 20.3 Å². The zero-order valence-electron chi connectivity index (χ0n) is 12.9. The molecule has 0 unspecified atom stereocenters. The van der Waals surface area contributed by atoms with E-state index in [4.69, 9.17) is 0 Å². The molecule has 3 aromatic heterocycles. The molecular formula is C14H15N5O2S2. The van der Waals surface area contributed by atoms with Gasteiger partial charge in [-0.15, -0.1) is 21.5 Å². The molecule has 0 atom stereocenters. The molecule has 0 aromatic carbocycles. The topological polar surface area (TPSA) is 89.8 Å². The van der Waals surface area contributed by atoms with E-state index in [1.54, 1.807) is 0 Å². The summed E-state index contributed by atoms with van der Waals surface area (Å²) in [6.07, 6.45) is 1.68. The van der Waals surface area contributed by atoms with Crippen LogP contribution < -0.4 is 10.9 Å². The van der Waals surface area contributed by atoms with Gasteiger partial charge in [-0.25, -0.2) is 4.98 Å². The molecule has 0 spiro atoms. The zero-order chi connectivity index (χ0) is 16.6. The lowest BCUT2D eigenvalue weighted by molar-refractivity contribution is -0.116. The van der Waals surface area contributed by atoms with Crippen molar-refractivity contribution in [2.24, 2.45) is 0 Å². The van der Waals surface area contributed by atoms with Crippen LogP contribution in [-0.4, -0.2) is 25.7 Å². The lowest BCUT2D eigenvalue weighted by Gasteiger charge is -2.05. The highest BCUT2D eigenvalue weighted by molar-refractivity contribution is 7.18. The van der Waals surface area contributed by atoms with Gasteiger partial charge in [-0.05, 0) is 26.3 Å². The van der Waals surface area contributed by atoms with Crippen molar-refractivity contribution in [2.75, 3.05) is 5.32 Å². The van der Waals surface area contributed by atoms with Gasteiger partial charge in [0.05, 0.1) is 11.7 Å². The molecule has 0 aliphatic heterocycles. The van der Waals surface area contributed by atoms with Crippen LogP contribution in [0.25, 0.3) is 10.2 Å². The minimum atomic E-state index is -0.202. The van der Waals surface area contributed by atoms with Crippen LogP contribution in [0.3, 0.4) is 0 Å². The third-order valence-corrected chi connectivity index (χ3v) is 5.38. The summed E-state index contributed by atoms with van der Waals surface area (Å²) < 4.78 is 1.48. The second kappa shape index (κ2) is 6.17. The Morgan fingerprint density at radius 1 is 1.26 bits per heavy atom. The first-order valence-electron chi connectivity index (χ1n) is 7.01. The van der Waals surface area contributed by atoms with Gasteiger partial charge in [-0.2, -0.15) is 0 Å². The van der Waals surface area contributed by atoms with Crippen molar-refractivity contribution in [2.45, 2.75) is 33.7 Å². The number of nitrogens with zero attached hydrogens (tertiary/aromatic N) is 4. The number of aryl methyl sites for hydroxylation is 4. The van der Waals surface area contributed by atoms with E-state index in [1.165, 1.54) is 33.6 Å². The summed E-state index contributed by atoms with van der Waals surface area (Å²) in [7, 11) is 0. The number of anilines is 1. The molecular weight excluding hydrogens is 334 g/mol. The Labute approximate surface area is 140 Å². The van der Waals surface area contributed by atoms with Crippen molar-refractivity contribution in [1.82, 2.24) is 19.7 Å². The predicted molar refractivity (Wildman–Crippen MR) is 91.2 cm³/mol. The lowest BCUT2D eigenvalue weighted by Crippen LogP contribution is -2.23.